The summed E-state index contributed by atoms with van der Waals surface area (Å²) < 4.78 is 13.0. The summed E-state index contributed by atoms with van der Waals surface area (Å²) in [6, 6.07) is 3.68. The van der Waals surface area contributed by atoms with Gasteiger partial charge in [0.15, 0.2) is 0 Å². The van der Waals surface area contributed by atoms with E-state index in [1.807, 2.05) is 6.92 Å². The van der Waals surface area contributed by atoms with Gasteiger partial charge in [0.2, 0.25) is 0 Å². The first-order valence-corrected chi connectivity index (χ1v) is 4.34. The molecular formula is C10H12FNO2. The van der Waals surface area contributed by atoms with E-state index in [1.54, 1.807) is 0 Å². The third-order valence-corrected chi connectivity index (χ3v) is 2.09. The maximum Gasteiger partial charge on any atom is 0.338 e. The van der Waals surface area contributed by atoms with Gasteiger partial charge in [0, 0.05) is 6.04 Å². The van der Waals surface area contributed by atoms with Crippen LogP contribution >= 0.6 is 0 Å². The molecule has 0 aliphatic heterocycles. The van der Waals surface area contributed by atoms with Gasteiger partial charge in [0.25, 0.3) is 0 Å². The van der Waals surface area contributed by atoms with Crippen LogP contribution in [-0.2, 0) is 0 Å². The van der Waals surface area contributed by atoms with Gasteiger partial charge >= 0.3 is 5.97 Å². The molecule has 0 amide bonds. The van der Waals surface area contributed by atoms with Gasteiger partial charge in [-0.15, -0.1) is 0 Å². The SMILES string of the molecule is CCC(N)c1ccc(F)c(C(=O)O)c1. The van der Waals surface area contributed by atoms with Crippen molar-refractivity contribution in [2.24, 2.45) is 5.73 Å². The topological polar surface area (TPSA) is 63.3 Å². The van der Waals surface area contributed by atoms with Crippen LogP contribution in [0, 0.1) is 5.82 Å². The highest BCUT2D eigenvalue weighted by Gasteiger charge is 2.12. The Morgan fingerprint density at radius 3 is 2.79 bits per heavy atom. The molecule has 0 bridgehead atoms. The fourth-order valence-electron chi connectivity index (χ4n) is 1.17. The fraction of sp³-hybridized carbons (Fsp3) is 0.300. The molecule has 3 nitrogen and oxygen atoms in total. The zero-order valence-corrected chi connectivity index (χ0v) is 7.83. The summed E-state index contributed by atoms with van der Waals surface area (Å²) >= 11 is 0. The van der Waals surface area contributed by atoms with Crippen molar-refractivity contribution in [3.63, 3.8) is 0 Å². The average molecular weight is 197 g/mol. The van der Waals surface area contributed by atoms with E-state index in [0.29, 0.717) is 12.0 Å². The van der Waals surface area contributed by atoms with Gasteiger partial charge in [-0.1, -0.05) is 13.0 Å². The minimum absolute atomic E-state index is 0.242. The first kappa shape index (κ1) is 10.7. The van der Waals surface area contributed by atoms with Crippen LogP contribution in [0.4, 0.5) is 4.39 Å². The molecule has 4 heteroatoms. The molecule has 0 heterocycles. The van der Waals surface area contributed by atoms with Crippen molar-refractivity contribution in [2.75, 3.05) is 0 Å². The largest absolute Gasteiger partial charge is 0.478 e. The second-order valence-electron chi connectivity index (χ2n) is 3.06. The van der Waals surface area contributed by atoms with Crippen LogP contribution < -0.4 is 5.73 Å². The molecule has 1 aromatic rings. The Hall–Kier alpha value is -1.42. The van der Waals surface area contributed by atoms with Crippen LogP contribution in [0.15, 0.2) is 18.2 Å². The summed E-state index contributed by atoms with van der Waals surface area (Å²) in [5.41, 5.74) is 6.02. The minimum atomic E-state index is -1.27. The molecule has 3 N–H and O–H groups in total. The van der Waals surface area contributed by atoms with Gasteiger partial charge in [-0.2, -0.15) is 0 Å². The monoisotopic (exact) mass is 197 g/mol. The predicted octanol–water partition coefficient (Wildman–Crippen LogP) is 1.93. The maximum absolute atomic E-state index is 13.0. The molecule has 1 atom stereocenters. The predicted molar refractivity (Wildman–Crippen MR) is 50.6 cm³/mol. The Balaban J connectivity index is 3.12. The van der Waals surface area contributed by atoms with Gasteiger partial charge in [0.05, 0.1) is 5.56 Å². The Labute approximate surface area is 81.4 Å². The summed E-state index contributed by atoms with van der Waals surface area (Å²) in [5, 5.41) is 8.66. The molecule has 0 aromatic heterocycles. The average Bonchev–Trinajstić information content (AvgIpc) is 2.17. The lowest BCUT2D eigenvalue weighted by atomic mass is 10.0. The normalized spacial score (nSPS) is 12.5. The van der Waals surface area contributed by atoms with Crippen LogP contribution in [0.5, 0.6) is 0 Å². The van der Waals surface area contributed by atoms with Crippen molar-refractivity contribution < 1.29 is 14.3 Å². The number of nitrogens with two attached hydrogens (primary N) is 1. The summed E-state index contributed by atoms with van der Waals surface area (Å²) in [6.45, 7) is 1.88. The van der Waals surface area contributed by atoms with Crippen molar-refractivity contribution in [1.82, 2.24) is 0 Å². The number of aromatic carboxylic acids is 1. The zero-order chi connectivity index (χ0) is 10.7. The molecule has 0 aliphatic carbocycles. The molecule has 0 saturated heterocycles. The number of halogens is 1. The number of carboxylic acid groups (broad SMARTS) is 1. The summed E-state index contributed by atoms with van der Waals surface area (Å²) in [5.74, 6) is -2.00. The maximum atomic E-state index is 13.0. The molecule has 0 spiro atoms. The summed E-state index contributed by atoms with van der Waals surface area (Å²) in [4.78, 5) is 10.6. The quantitative estimate of drug-likeness (QED) is 0.778. The smallest absolute Gasteiger partial charge is 0.338 e. The van der Waals surface area contributed by atoms with Crippen LogP contribution in [0.2, 0.25) is 0 Å². The number of hydrogen-bond acceptors (Lipinski definition) is 2. The van der Waals surface area contributed by atoms with Crippen LogP contribution in [0.3, 0.4) is 0 Å². The lowest BCUT2D eigenvalue weighted by Crippen LogP contribution is -2.10. The molecule has 0 saturated carbocycles. The first-order valence-electron chi connectivity index (χ1n) is 4.34. The lowest BCUT2D eigenvalue weighted by molar-refractivity contribution is 0.0691. The van der Waals surface area contributed by atoms with Crippen molar-refractivity contribution in [3.05, 3.63) is 35.1 Å². The third-order valence-electron chi connectivity index (χ3n) is 2.09. The van der Waals surface area contributed by atoms with Crippen LogP contribution in [0.25, 0.3) is 0 Å². The van der Waals surface area contributed by atoms with E-state index in [9.17, 15) is 9.18 Å². The molecule has 0 radical (unpaired) electrons. The van der Waals surface area contributed by atoms with Crippen molar-refractivity contribution in [1.29, 1.82) is 0 Å². The number of hydrogen-bond donors (Lipinski definition) is 2. The highest BCUT2D eigenvalue weighted by molar-refractivity contribution is 5.88. The Kier molecular flexibility index (Phi) is 3.19. The van der Waals surface area contributed by atoms with E-state index >= 15 is 0 Å². The first-order chi connectivity index (χ1) is 6.56. The second-order valence-corrected chi connectivity index (χ2v) is 3.06. The molecule has 76 valence electrons. The minimum Gasteiger partial charge on any atom is -0.478 e. The molecule has 1 unspecified atom stereocenters. The third kappa shape index (κ3) is 2.09. The molecule has 1 aromatic carbocycles. The Morgan fingerprint density at radius 1 is 1.64 bits per heavy atom. The fourth-order valence-corrected chi connectivity index (χ4v) is 1.17. The molecule has 0 aliphatic rings. The van der Waals surface area contributed by atoms with Crippen LogP contribution in [0.1, 0.15) is 35.3 Å². The van der Waals surface area contributed by atoms with Crippen molar-refractivity contribution in [3.8, 4) is 0 Å². The van der Waals surface area contributed by atoms with Gasteiger partial charge in [-0.25, -0.2) is 9.18 Å². The summed E-state index contributed by atoms with van der Waals surface area (Å²) in [6.07, 6.45) is 0.685. The van der Waals surface area contributed by atoms with E-state index in [-0.39, 0.29) is 11.6 Å². The zero-order valence-electron chi connectivity index (χ0n) is 7.83. The van der Waals surface area contributed by atoms with Gasteiger partial charge < -0.3 is 10.8 Å². The molecular weight excluding hydrogens is 185 g/mol. The van der Waals surface area contributed by atoms with Gasteiger partial charge in [-0.3, -0.25) is 0 Å². The molecule has 0 fully saturated rings. The van der Waals surface area contributed by atoms with E-state index < -0.39 is 11.8 Å². The van der Waals surface area contributed by atoms with E-state index in [1.165, 1.54) is 12.1 Å². The molecule has 1 rings (SSSR count). The standard InChI is InChI=1S/C10H12FNO2/c1-2-9(12)6-3-4-8(11)7(5-6)10(13)14/h3-5,9H,2,12H2,1H3,(H,13,14). The number of rotatable bonds is 3. The van der Waals surface area contributed by atoms with Gasteiger partial charge in [-0.05, 0) is 24.1 Å². The highest BCUT2D eigenvalue weighted by atomic mass is 19.1. The number of carboxylic acids is 1. The van der Waals surface area contributed by atoms with Crippen molar-refractivity contribution >= 4 is 5.97 Å². The van der Waals surface area contributed by atoms with Crippen LogP contribution in [-0.4, -0.2) is 11.1 Å². The highest BCUT2D eigenvalue weighted by Crippen LogP contribution is 2.17. The lowest BCUT2D eigenvalue weighted by Gasteiger charge is -2.09. The van der Waals surface area contributed by atoms with E-state index in [0.717, 1.165) is 6.07 Å². The Bertz CT molecular complexity index is 352. The molecule has 14 heavy (non-hydrogen) atoms. The van der Waals surface area contributed by atoms with Crippen molar-refractivity contribution in [2.45, 2.75) is 19.4 Å². The van der Waals surface area contributed by atoms with Gasteiger partial charge in [0.1, 0.15) is 5.82 Å². The summed E-state index contributed by atoms with van der Waals surface area (Å²) in [7, 11) is 0. The number of benzene rings is 1. The van der Waals surface area contributed by atoms with E-state index in [2.05, 4.69) is 0 Å². The second kappa shape index (κ2) is 4.19. The number of carbonyl (C=O) groups is 1. The van der Waals surface area contributed by atoms with E-state index in [4.69, 9.17) is 10.8 Å². The Morgan fingerprint density at radius 2 is 2.29 bits per heavy atom.